The summed E-state index contributed by atoms with van der Waals surface area (Å²) in [5.41, 5.74) is 4.38. The molecule has 0 N–H and O–H groups in total. The first-order valence-corrected chi connectivity index (χ1v) is 10.5. The minimum atomic E-state index is 0.0362. The minimum Gasteiger partial charge on any atom is -0.489 e. The van der Waals surface area contributed by atoms with Gasteiger partial charge in [-0.15, -0.1) is 0 Å². The lowest BCUT2D eigenvalue weighted by Gasteiger charge is -2.15. The van der Waals surface area contributed by atoms with Crippen LogP contribution >= 0.6 is 0 Å². The average molecular weight is 415 g/mol. The number of allylic oxidation sites excluding steroid dienone is 1. The van der Waals surface area contributed by atoms with Gasteiger partial charge < -0.3 is 9.26 Å². The molecule has 0 atom stereocenters. The van der Waals surface area contributed by atoms with Gasteiger partial charge in [0.15, 0.2) is 0 Å². The van der Waals surface area contributed by atoms with Gasteiger partial charge in [-0.1, -0.05) is 53.4 Å². The summed E-state index contributed by atoms with van der Waals surface area (Å²) in [6.07, 6.45) is 7.40. The molecule has 0 amide bonds. The molecule has 2 aromatic carbocycles. The molecule has 0 fully saturated rings. The Hall–Kier alpha value is -3.29. The number of hydrogen-bond donors (Lipinski definition) is 0. The molecule has 0 spiro atoms. The quantitative estimate of drug-likeness (QED) is 0.427. The van der Waals surface area contributed by atoms with E-state index in [1.165, 1.54) is 5.56 Å². The third-order valence-corrected chi connectivity index (χ3v) is 4.51. The van der Waals surface area contributed by atoms with Crippen LogP contribution in [0.1, 0.15) is 31.9 Å². The number of benzene rings is 2. The van der Waals surface area contributed by atoms with Crippen LogP contribution in [-0.2, 0) is 13.2 Å². The first-order valence-electron chi connectivity index (χ1n) is 10.5. The van der Waals surface area contributed by atoms with Crippen LogP contribution in [0, 0.1) is 17.3 Å². The van der Waals surface area contributed by atoms with Crippen LogP contribution in [-0.4, -0.2) is 23.6 Å². The Morgan fingerprint density at radius 2 is 1.87 bits per heavy atom. The second kappa shape index (κ2) is 10.7. The summed E-state index contributed by atoms with van der Waals surface area (Å²) < 4.78 is 11.0. The Bertz CT molecular complexity index is 1050. The largest absolute Gasteiger partial charge is 0.489 e. The van der Waals surface area contributed by atoms with E-state index >= 15 is 0 Å². The standard InChI is InChI=1S/C27H30N2O2/c1-27(2,3)14-6-5-7-15-29(4)19-22-10-9-13-26(17-22)30-20-23-11-8-12-24(16-23)25-18-28-31-21-25/h5,7-13,16-18,21H,15,19-20H2,1-4H3/b7-5+. The van der Waals surface area contributed by atoms with Crippen LogP contribution in [0.2, 0.25) is 0 Å². The number of likely N-dealkylation sites (N-methyl/N-ethyl adjacent to an activating group) is 1. The van der Waals surface area contributed by atoms with Crippen LogP contribution in [0.3, 0.4) is 0 Å². The summed E-state index contributed by atoms with van der Waals surface area (Å²) in [5.74, 6) is 7.19. The predicted octanol–water partition coefficient (Wildman–Crippen LogP) is 5.96. The van der Waals surface area contributed by atoms with Crippen molar-refractivity contribution >= 4 is 0 Å². The molecule has 0 saturated carbocycles. The highest BCUT2D eigenvalue weighted by molar-refractivity contribution is 5.61. The van der Waals surface area contributed by atoms with Crippen molar-refractivity contribution in [2.24, 2.45) is 5.41 Å². The third-order valence-electron chi connectivity index (χ3n) is 4.51. The molecule has 1 heterocycles. The van der Waals surface area contributed by atoms with E-state index in [4.69, 9.17) is 9.26 Å². The predicted molar refractivity (Wildman–Crippen MR) is 125 cm³/mol. The molecule has 0 unspecified atom stereocenters. The zero-order valence-corrected chi connectivity index (χ0v) is 18.8. The summed E-state index contributed by atoms with van der Waals surface area (Å²) >= 11 is 0. The molecular formula is C27H30N2O2. The summed E-state index contributed by atoms with van der Waals surface area (Å²) in [6, 6.07) is 16.5. The number of ether oxygens (including phenoxy) is 1. The highest BCUT2D eigenvalue weighted by Crippen LogP contribution is 2.21. The van der Waals surface area contributed by atoms with E-state index in [0.717, 1.165) is 35.5 Å². The SMILES string of the molecule is CN(C/C=C/C#CC(C)(C)C)Cc1cccc(OCc2cccc(-c3cnoc3)c2)c1. The second-order valence-electron chi connectivity index (χ2n) is 8.67. The maximum absolute atomic E-state index is 6.04. The molecule has 3 aromatic rings. The van der Waals surface area contributed by atoms with Gasteiger partial charge in [0.05, 0.1) is 6.20 Å². The molecule has 1 aromatic heterocycles. The topological polar surface area (TPSA) is 38.5 Å². The highest BCUT2D eigenvalue weighted by Gasteiger charge is 2.05. The molecule has 0 aliphatic heterocycles. The van der Waals surface area contributed by atoms with Crippen molar-refractivity contribution in [2.45, 2.75) is 33.9 Å². The monoisotopic (exact) mass is 414 g/mol. The van der Waals surface area contributed by atoms with Gasteiger partial charge in [-0.2, -0.15) is 0 Å². The van der Waals surface area contributed by atoms with Gasteiger partial charge in [-0.05, 0) is 68.8 Å². The zero-order valence-electron chi connectivity index (χ0n) is 18.8. The molecule has 160 valence electrons. The fourth-order valence-electron chi connectivity index (χ4n) is 3.01. The highest BCUT2D eigenvalue weighted by atomic mass is 16.5. The van der Waals surface area contributed by atoms with E-state index in [1.807, 2.05) is 30.3 Å². The lowest BCUT2D eigenvalue weighted by molar-refractivity contribution is 0.304. The fraction of sp³-hybridized carbons (Fsp3) is 0.296. The number of hydrogen-bond acceptors (Lipinski definition) is 4. The number of nitrogens with zero attached hydrogens (tertiary/aromatic N) is 2. The van der Waals surface area contributed by atoms with E-state index in [0.29, 0.717) is 6.61 Å². The van der Waals surface area contributed by atoms with Crippen molar-refractivity contribution in [3.63, 3.8) is 0 Å². The molecule has 0 saturated heterocycles. The summed E-state index contributed by atoms with van der Waals surface area (Å²) in [4.78, 5) is 2.25. The molecule has 0 bridgehead atoms. The third kappa shape index (κ3) is 7.81. The summed E-state index contributed by atoms with van der Waals surface area (Å²) in [7, 11) is 2.10. The van der Waals surface area contributed by atoms with Crippen molar-refractivity contribution in [2.75, 3.05) is 13.6 Å². The number of aromatic nitrogens is 1. The van der Waals surface area contributed by atoms with Gasteiger partial charge in [0.1, 0.15) is 18.6 Å². The van der Waals surface area contributed by atoms with Crippen molar-refractivity contribution < 1.29 is 9.26 Å². The Morgan fingerprint density at radius 3 is 2.65 bits per heavy atom. The van der Waals surface area contributed by atoms with E-state index in [9.17, 15) is 0 Å². The van der Waals surface area contributed by atoms with E-state index in [1.54, 1.807) is 12.5 Å². The van der Waals surface area contributed by atoms with Crippen LogP contribution in [0.25, 0.3) is 11.1 Å². The van der Waals surface area contributed by atoms with Gasteiger partial charge in [0, 0.05) is 24.1 Å². The molecular weight excluding hydrogens is 384 g/mol. The van der Waals surface area contributed by atoms with Crippen LogP contribution in [0.4, 0.5) is 0 Å². The second-order valence-corrected chi connectivity index (χ2v) is 8.67. The number of rotatable bonds is 8. The average Bonchev–Trinajstić information content (AvgIpc) is 3.27. The lowest BCUT2D eigenvalue weighted by atomic mass is 9.98. The minimum absolute atomic E-state index is 0.0362. The molecule has 3 rings (SSSR count). The normalized spacial score (nSPS) is 11.5. The maximum Gasteiger partial charge on any atom is 0.131 e. The zero-order chi connectivity index (χ0) is 22.1. The Balaban J connectivity index is 1.53. The van der Waals surface area contributed by atoms with Gasteiger partial charge in [0.25, 0.3) is 0 Å². The molecule has 31 heavy (non-hydrogen) atoms. The van der Waals surface area contributed by atoms with E-state index in [2.05, 4.69) is 80.1 Å². The first kappa shape index (κ1) is 22.4. The van der Waals surface area contributed by atoms with Crippen molar-refractivity contribution in [3.05, 3.63) is 84.3 Å². The van der Waals surface area contributed by atoms with E-state index in [-0.39, 0.29) is 5.41 Å². The van der Waals surface area contributed by atoms with E-state index < -0.39 is 0 Å². The van der Waals surface area contributed by atoms with Crippen molar-refractivity contribution in [1.82, 2.24) is 10.1 Å². The molecule has 4 heteroatoms. The molecule has 4 nitrogen and oxygen atoms in total. The molecule has 0 aliphatic carbocycles. The fourth-order valence-corrected chi connectivity index (χ4v) is 3.01. The Kier molecular flexibility index (Phi) is 7.70. The van der Waals surface area contributed by atoms with Crippen molar-refractivity contribution in [3.8, 4) is 28.7 Å². The van der Waals surface area contributed by atoms with Crippen LogP contribution in [0.5, 0.6) is 5.75 Å². The van der Waals surface area contributed by atoms with Crippen LogP contribution in [0.15, 0.2) is 77.7 Å². The Morgan fingerprint density at radius 1 is 1.06 bits per heavy atom. The van der Waals surface area contributed by atoms with Gasteiger partial charge in [-0.25, -0.2) is 0 Å². The van der Waals surface area contributed by atoms with Gasteiger partial charge >= 0.3 is 0 Å². The smallest absolute Gasteiger partial charge is 0.131 e. The van der Waals surface area contributed by atoms with Crippen LogP contribution < -0.4 is 4.74 Å². The van der Waals surface area contributed by atoms with Gasteiger partial charge in [-0.3, -0.25) is 4.90 Å². The molecule has 0 radical (unpaired) electrons. The molecule has 0 aliphatic rings. The first-order chi connectivity index (χ1) is 14.9. The lowest BCUT2D eigenvalue weighted by Crippen LogP contribution is -2.17. The summed E-state index contributed by atoms with van der Waals surface area (Å²) in [6.45, 7) is 8.54. The van der Waals surface area contributed by atoms with Crippen molar-refractivity contribution in [1.29, 1.82) is 0 Å². The van der Waals surface area contributed by atoms with Gasteiger partial charge in [0.2, 0.25) is 0 Å². The maximum atomic E-state index is 6.04. The summed E-state index contributed by atoms with van der Waals surface area (Å²) in [5, 5.41) is 3.77. The Labute approximate surface area is 185 Å².